The van der Waals surface area contributed by atoms with E-state index in [-0.39, 0.29) is 5.92 Å². The lowest BCUT2D eigenvalue weighted by molar-refractivity contribution is -0.108. The van der Waals surface area contributed by atoms with Gasteiger partial charge in [0.25, 0.3) is 0 Å². The number of hydrogen-bond acceptors (Lipinski definition) is 3. The lowest BCUT2D eigenvalue weighted by atomic mass is 9.95. The molecule has 23 heavy (non-hydrogen) atoms. The molecule has 0 saturated carbocycles. The van der Waals surface area contributed by atoms with Gasteiger partial charge in [-0.3, -0.25) is 0 Å². The van der Waals surface area contributed by atoms with E-state index in [1.807, 2.05) is 54.6 Å². The first kappa shape index (κ1) is 15.3. The highest BCUT2D eigenvalue weighted by atomic mass is 16.5. The zero-order chi connectivity index (χ0) is 16.1. The minimum atomic E-state index is -0.293. The van der Waals surface area contributed by atoms with Crippen molar-refractivity contribution < 1.29 is 14.3 Å². The molecular formula is C20H20O3. The first-order valence-electron chi connectivity index (χ1n) is 7.99. The number of carbonyl (C=O) groups is 1. The molecule has 3 rings (SSSR count). The van der Waals surface area contributed by atoms with Crippen LogP contribution in [-0.2, 0) is 4.79 Å². The van der Waals surface area contributed by atoms with Crippen LogP contribution in [0, 0.1) is 0 Å². The maximum atomic E-state index is 11.5. The molecule has 0 saturated heterocycles. The van der Waals surface area contributed by atoms with Crippen LogP contribution < -0.4 is 9.47 Å². The molecule has 0 amide bonds. The highest BCUT2D eigenvalue weighted by molar-refractivity contribution is 5.77. The first-order valence-corrected chi connectivity index (χ1v) is 7.99. The lowest BCUT2D eigenvalue weighted by Crippen LogP contribution is -2.10. The summed E-state index contributed by atoms with van der Waals surface area (Å²) in [5.41, 5.74) is 1.84. The van der Waals surface area contributed by atoms with E-state index in [0.717, 1.165) is 36.0 Å². The SMILES string of the molecule is CCCCOc1ccc2c(c1)OC(c1ccccc1)=CC2C=O. The quantitative estimate of drug-likeness (QED) is 0.579. The second kappa shape index (κ2) is 7.14. The van der Waals surface area contributed by atoms with Gasteiger partial charge in [0.2, 0.25) is 0 Å². The summed E-state index contributed by atoms with van der Waals surface area (Å²) in [7, 11) is 0. The molecule has 118 valence electrons. The Morgan fingerprint density at radius 1 is 1.17 bits per heavy atom. The van der Waals surface area contributed by atoms with Crippen LogP contribution in [0.15, 0.2) is 54.6 Å². The minimum Gasteiger partial charge on any atom is -0.493 e. The van der Waals surface area contributed by atoms with E-state index in [0.29, 0.717) is 18.1 Å². The van der Waals surface area contributed by atoms with Crippen LogP contribution in [-0.4, -0.2) is 12.9 Å². The summed E-state index contributed by atoms with van der Waals surface area (Å²) in [6.45, 7) is 2.82. The van der Waals surface area contributed by atoms with Crippen molar-refractivity contribution in [3.8, 4) is 11.5 Å². The van der Waals surface area contributed by atoms with Crippen molar-refractivity contribution in [1.82, 2.24) is 0 Å². The number of hydrogen-bond donors (Lipinski definition) is 0. The second-order valence-corrected chi connectivity index (χ2v) is 5.56. The summed E-state index contributed by atoms with van der Waals surface area (Å²) in [6.07, 6.45) is 4.92. The van der Waals surface area contributed by atoms with Gasteiger partial charge in [-0.2, -0.15) is 0 Å². The first-order chi connectivity index (χ1) is 11.3. The highest BCUT2D eigenvalue weighted by Gasteiger charge is 2.22. The van der Waals surface area contributed by atoms with Crippen molar-refractivity contribution in [2.24, 2.45) is 0 Å². The van der Waals surface area contributed by atoms with E-state index in [2.05, 4.69) is 6.92 Å². The standard InChI is InChI=1S/C20H20O3/c1-2-3-11-22-17-9-10-18-16(14-21)12-19(23-20(18)13-17)15-7-5-4-6-8-15/h4-10,12-14,16H,2-3,11H2,1H3. The summed E-state index contributed by atoms with van der Waals surface area (Å²) in [5, 5.41) is 0. The number of rotatable bonds is 6. The summed E-state index contributed by atoms with van der Waals surface area (Å²) in [6, 6.07) is 15.5. The Balaban J connectivity index is 1.88. The summed E-state index contributed by atoms with van der Waals surface area (Å²) in [4.78, 5) is 11.5. The molecule has 3 heteroatoms. The molecule has 0 fully saturated rings. The fraction of sp³-hybridized carbons (Fsp3) is 0.250. The summed E-state index contributed by atoms with van der Waals surface area (Å²) >= 11 is 0. The summed E-state index contributed by atoms with van der Waals surface area (Å²) in [5.74, 6) is 1.88. The largest absolute Gasteiger partial charge is 0.493 e. The molecule has 3 nitrogen and oxygen atoms in total. The van der Waals surface area contributed by atoms with E-state index in [1.165, 1.54) is 0 Å². The van der Waals surface area contributed by atoms with Crippen molar-refractivity contribution in [1.29, 1.82) is 0 Å². The zero-order valence-corrected chi connectivity index (χ0v) is 13.2. The van der Waals surface area contributed by atoms with E-state index in [4.69, 9.17) is 9.47 Å². The van der Waals surface area contributed by atoms with Gasteiger partial charge in [-0.15, -0.1) is 0 Å². The number of unbranched alkanes of at least 4 members (excludes halogenated alkanes) is 1. The Hall–Kier alpha value is -2.55. The fourth-order valence-electron chi connectivity index (χ4n) is 2.58. The van der Waals surface area contributed by atoms with E-state index in [9.17, 15) is 4.79 Å². The molecule has 2 aromatic rings. The van der Waals surface area contributed by atoms with Gasteiger partial charge in [-0.25, -0.2) is 0 Å². The third kappa shape index (κ3) is 3.45. The Labute approximate surface area is 136 Å². The number of carbonyl (C=O) groups excluding carboxylic acids is 1. The Bertz CT molecular complexity index is 704. The van der Waals surface area contributed by atoms with Crippen LogP contribution in [0.25, 0.3) is 5.76 Å². The predicted molar refractivity (Wildman–Crippen MR) is 90.7 cm³/mol. The molecule has 1 aliphatic heterocycles. The van der Waals surface area contributed by atoms with Gasteiger partial charge in [0.1, 0.15) is 23.5 Å². The molecule has 1 unspecified atom stereocenters. The van der Waals surface area contributed by atoms with Crippen molar-refractivity contribution >= 4 is 12.0 Å². The lowest BCUT2D eigenvalue weighted by Gasteiger charge is -2.22. The fourth-order valence-corrected chi connectivity index (χ4v) is 2.58. The smallest absolute Gasteiger partial charge is 0.135 e. The molecule has 1 heterocycles. The van der Waals surface area contributed by atoms with Crippen LogP contribution in [0.5, 0.6) is 11.5 Å². The van der Waals surface area contributed by atoms with Crippen molar-refractivity contribution in [2.45, 2.75) is 25.7 Å². The summed E-state index contributed by atoms with van der Waals surface area (Å²) < 4.78 is 11.8. The molecular weight excluding hydrogens is 288 g/mol. The minimum absolute atomic E-state index is 0.293. The number of ether oxygens (including phenoxy) is 2. The van der Waals surface area contributed by atoms with Gasteiger partial charge >= 0.3 is 0 Å². The highest BCUT2D eigenvalue weighted by Crippen LogP contribution is 2.38. The van der Waals surface area contributed by atoms with Gasteiger partial charge in [0.15, 0.2) is 0 Å². The molecule has 0 spiro atoms. The Kier molecular flexibility index (Phi) is 4.77. The van der Waals surface area contributed by atoms with E-state index < -0.39 is 0 Å². The number of benzene rings is 2. The number of aldehydes is 1. The zero-order valence-electron chi connectivity index (χ0n) is 13.2. The molecule has 1 aliphatic rings. The van der Waals surface area contributed by atoms with Crippen LogP contribution >= 0.6 is 0 Å². The number of fused-ring (bicyclic) bond motifs is 1. The normalized spacial score (nSPS) is 16.0. The molecule has 2 aromatic carbocycles. The predicted octanol–water partition coefficient (Wildman–Crippen LogP) is 4.58. The third-order valence-electron chi connectivity index (χ3n) is 3.87. The van der Waals surface area contributed by atoms with E-state index in [1.54, 1.807) is 0 Å². The van der Waals surface area contributed by atoms with Crippen LogP contribution in [0.1, 0.15) is 36.8 Å². The van der Waals surface area contributed by atoms with Crippen molar-refractivity contribution in [3.63, 3.8) is 0 Å². The van der Waals surface area contributed by atoms with Gasteiger partial charge in [-0.1, -0.05) is 49.7 Å². The second-order valence-electron chi connectivity index (χ2n) is 5.56. The van der Waals surface area contributed by atoms with E-state index >= 15 is 0 Å². The molecule has 1 atom stereocenters. The average Bonchev–Trinajstić information content (AvgIpc) is 2.61. The maximum Gasteiger partial charge on any atom is 0.135 e. The Morgan fingerprint density at radius 3 is 2.74 bits per heavy atom. The molecule has 0 N–H and O–H groups in total. The van der Waals surface area contributed by atoms with Crippen LogP contribution in [0.4, 0.5) is 0 Å². The molecule has 0 radical (unpaired) electrons. The van der Waals surface area contributed by atoms with Gasteiger partial charge in [-0.05, 0) is 18.6 Å². The van der Waals surface area contributed by atoms with Gasteiger partial charge in [0.05, 0.1) is 12.5 Å². The third-order valence-corrected chi connectivity index (χ3v) is 3.87. The molecule has 0 bridgehead atoms. The van der Waals surface area contributed by atoms with Crippen molar-refractivity contribution in [3.05, 3.63) is 65.7 Å². The topological polar surface area (TPSA) is 35.5 Å². The monoisotopic (exact) mass is 308 g/mol. The molecule has 0 aromatic heterocycles. The van der Waals surface area contributed by atoms with Gasteiger partial charge < -0.3 is 14.3 Å². The van der Waals surface area contributed by atoms with Crippen LogP contribution in [0.3, 0.4) is 0 Å². The Morgan fingerprint density at radius 2 is 2.00 bits per heavy atom. The average molecular weight is 308 g/mol. The van der Waals surface area contributed by atoms with Crippen LogP contribution in [0.2, 0.25) is 0 Å². The number of allylic oxidation sites excluding steroid dienone is 1. The maximum absolute atomic E-state index is 11.5. The van der Waals surface area contributed by atoms with Gasteiger partial charge in [0, 0.05) is 17.2 Å². The van der Waals surface area contributed by atoms with Crippen molar-refractivity contribution in [2.75, 3.05) is 6.61 Å². The molecule has 0 aliphatic carbocycles.